The number of aromatic hydroxyl groups is 1. The highest BCUT2D eigenvalue weighted by atomic mass is 35.5. The van der Waals surface area contributed by atoms with Crippen molar-refractivity contribution in [3.63, 3.8) is 0 Å². The molecule has 3 fully saturated rings. The summed E-state index contributed by atoms with van der Waals surface area (Å²) < 4.78 is 42.7. The highest BCUT2D eigenvalue weighted by Crippen LogP contribution is 2.40. The van der Waals surface area contributed by atoms with Crippen LogP contribution in [-0.2, 0) is 17.4 Å². The zero-order valence-electron chi connectivity index (χ0n) is 25.4. The molecule has 6 rings (SSSR count). The molecule has 0 spiro atoms. The van der Waals surface area contributed by atoms with E-state index in [0.717, 1.165) is 55.9 Å². The molecule has 0 radical (unpaired) electrons. The Balaban J connectivity index is 1.17. The number of benzene rings is 2. The number of urea groups is 1. The van der Waals surface area contributed by atoms with Crippen LogP contribution in [0.3, 0.4) is 0 Å². The molecule has 0 unspecified atom stereocenters. The van der Waals surface area contributed by atoms with Gasteiger partial charge in [-0.15, -0.1) is 0 Å². The largest absolute Gasteiger partial charge is 0.506 e. The number of para-hydroxylation sites is 2. The second-order valence-corrected chi connectivity index (χ2v) is 12.9. The fourth-order valence-electron chi connectivity index (χ4n) is 7.21. The van der Waals surface area contributed by atoms with Crippen molar-refractivity contribution in [3.8, 4) is 5.75 Å². The third kappa shape index (κ3) is 6.71. The van der Waals surface area contributed by atoms with E-state index in [2.05, 4.69) is 15.2 Å². The molecular weight excluding hydrogens is 625 g/mol. The molecule has 3 N–H and O–H groups in total. The van der Waals surface area contributed by atoms with E-state index in [4.69, 9.17) is 11.6 Å². The molecule has 0 saturated carbocycles. The SMILES string of the molecule is O=C(N[C@H](Cc1cc(Cl)c(O)c(C(F)(F)F)c1)C(=O)N1CCC(N2CCCC2)CC1)N1CCC(n2c(=O)[nH]c3ccccc32)CC1. The number of hydrogen-bond acceptors (Lipinski definition) is 5. The Labute approximate surface area is 269 Å². The van der Waals surface area contributed by atoms with E-state index in [1.165, 1.54) is 6.07 Å². The first-order valence-electron chi connectivity index (χ1n) is 15.9. The van der Waals surface area contributed by atoms with Crippen LogP contribution >= 0.6 is 11.6 Å². The molecule has 3 saturated heterocycles. The predicted octanol–water partition coefficient (Wildman–Crippen LogP) is 4.75. The first-order valence-corrected chi connectivity index (χ1v) is 16.2. The van der Waals surface area contributed by atoms with Crippen molar-refractivity contribution in [2.75, 3.05) is 39.3 Å². The number of carbonyl (C=O) groups excluding carboxylic acids is 2. The summed E-state index contributed by atoms with van der Waals surface area (Å²) in [6.45, 7) is 3.72. The van der Waals surface area contributed by atoms with E-state index < -0.39 is 34.6 Å². The number of nitrogens with one attached hydrogen (secondary N) is 2. The third-order valence-electron chi connectivity index (χ3n) is 9.64. The number of alkyl halides is 3. The highest BCUT2D eigenvalue weighted by Gasteiger charge is 2.37. The van der Waals surface area contributed by atoms with Gasteiger partial charge in [-0.05, 0) is 81.4 Å². The second kappa shape index (κ2) is 13.2. The number of piperidine rings is 2. The molecule has 4 heterocycles. The first kappa shape index (κ1) is 32.2. The van der Waals surface area contributed by atoms with Crippen LogP contribution in [0, 0.1) is 0 Å². The van der Waals surface area contributed by atoms with Crippen molar-refractivity contribution in [2.45, 2.75) is 69.2 Å². The summed E-state index contributed by atoms with van der Waals surface area (Å²) in [4.78, 5) is 48.7. The Morgan fingerprint density at radius 2 is 1.59 bits per heavy atom. The number of phenols is 1. The number of carbonyl (C=O) groups is 2. The van der Waals surface area contributed by atoms with Crippen molar-refractivity contribution in [2.24, 2.45) is 0 Å². The topological polar surface area (TPSA) is 114 Å². The number of hydrogen-bond donors (Lipinski definition) is 3. The van der Waals surface area contributed by atoms with Gasteiger partial charge in [0.25, 0.3) is 0 Å². The minimum atomic E-state index is -4.86. The maximum Gasteiger partial charge on any atom is 0.420 e. The summed E-state index contributed by atoms with van der Waals surface area (Å²) in [7, 11) is 0. The number of rotatable bonds is 6. The third-order valence-corrected chi connectivity index (χ3v) is 9.93. The number of fused-ring (bicyclic) bond motifs is 1. The summed E-state index contributed by atoms with van der Waals surface area (Å²) in [6.07, 6.45) is -0.161. The monoisotopic (exact) mass is 662 g/mol. The number of imidazole rings is 1. The Morgan fingerprint density at radius 3 is 2.26 bits per heavy atom. The average Bonchev–Trinajstić information content (AvgIpc) is 3.69. The van der Waals surface area contributed by atoms with Crippen molar-refractivity contribution in [1.82, 2.24) is 29.6 Å². The number of halogens is 4. The normalized spacial score (nSPS) is 19.6. The van der Waals surface area contributed by atoms with Gasteiger partial charge in [-0.3, -0.25) is 9.36 Å². The first-order chi connectivity index (χ1) is 22.0. The van der Waals surface area contributed by atoms with Gasteiger partial charge in [-0.25, -0.2) is 9.59 Å². The van der Waals surface area contributed by atoms with Crippen LogP contribution in [0.5, 0.6) is 5.75 Å². The van der Waals surface area contributed by atoms with Gasteiger partial charge in [0.2, 0.25) is 5.91 Å². The molecule has 248 valence electrons. The van der Waals surface area contributed by atoms with E-state index in [0.29, 0.717) is 45.1 Å². The summed E-state index contributed by atoms with van der Waals surface area (Å²) in [5.41, 5.74) is 0.0857. The molecule has 2 aromatic carbocycles. The number of H-pyrrole nitrogens is 1. The lowest BCUT2D eigenvalue weighted by atomic mass is 9.99. The molecule has 3 aliphatic heterocycles. The lowest BCUT2D eigenvalue weighted by Gasteiger charge is -2.38. The molecule has 1 aromatic heterocycles. The van der Waals surface area contributed by atoms with Crippen LogP contribution in [0.15, 0.2) is 41.2 Å². The summed E-state index contributed by atoms with van der Waals surface area (Å²) in [5.74, 6) is -1.45. The molecule has 3 aromatic rings. The molecule has 10 nitrogen and oxygen atoms in total. The van der Waals surface area contributed by atoms with Crippen molar-refractivity contribution in [3.05, 3.63) is 63.0 Å². The van der Waals surface area contributed by atoms with E-state index in [-0.39, 0.29) is 29.6 Å². The highest BCUT2D eigenvalue weighted by molar-refractivity contribution is 6.32. The van der Waals surface area contributed by atoms with Gasteiger partial charge < -0.3 is 30.1 Å². The van der Waals surface area contributed by atoms with Gasteiger partial charge in [0.05, 0.1) is 21.6 Å². The van der Waals surface area contributed by atoms with Gasteiger partial charge >= 0.3 is 17.9 Å². The maximum atomic E-state index is 13.9. The minimum Gasteiger partial charge on any atom is -0.506 e. The van der Waals surface area contributed by atoms with E-state index in [1.807, 2.05) is 24.3 Å². The van der Waals surface area contributed by atoms with Gasteiger partial charge in [0.15, 0.2) is 0 Å². The quantitative estimate of drug-likeness (QED) is 0.353. The van der Waals surface area contributed by atoms with E-state index in [1.54, 1.807) is 14.4 Å². The van der Waals surface area contributed by atoms with Crippen LogP contribution in [-0.4, -0.2) is 92.6 Å². The molecular formula is C32H38ClF3N6O4. The lowest BCUT2D eigenvalue weighted by molar-refractivity contribution is -0.138. The van der Waals surface area contributed by atoms with E-state index >= 15 is 0 Å². The summed E-state index contributed by atoms with van der Waals surface area (Å²) >= 11 is 5.97. The summed E-state index contributed by atoms with van der Waals surface area (Å²) in [5, 5.41) is 12.3. The van der Waals surface area contributed by atoms with Crippen LogP contribution in [0.25, 0.3) is 11.0 Å². The van der Waals surface area contributed by atoms with Crippen LogP contribution in [0.2, 0.25) is 5.02 Å². The fraction of sp³-hybridized carbons (Fsp3) is 0.531. The van der Waals surface area contributed by atoms with Gasteiger partial charge in [0, 0.05) is 44.7 Å². The summed E-state index contributed by atoms with van der Waals surface area (Å²) in [6, 6.07) is 8.00. The van der Waals surface area contributed by atoms with Crippen molar-refractivity contribution in [1.29, 1.82) is 0 Å². The van der Waals surface area contributed by atoms with E-state index in [9.17, 15) is 32.7 Å². The van der Waals surface area contributed by atoms with Crippen molar-refractivity contribution >= 4 is 34.6 Å². The van der Waals surface area contributed by atoms with Crippen LogP contribution in [0.4, 0.5) is 18.0 Å². The molecule has 14 heteroatoms. The standard InChI is InChI=1S/C32H38ClF3N6O4/c33-24-18-20(17-23(28(24)43)32(34,35)36)19-26(29(44)40-13-7-21(8-14-40)39-11-3-4-12-39)38-30(45)41-15-9-22(10-16-41)42-27-6-2-1-5-25(27)37-31(42)46/h1-2,5-6,17-18,21-22,26,43H,3-4,7-16,19H2,(H,37,46)(H,38,45)/t26-/m1/s1. The minimum absolute atomic E-state index is 0.0677. The van der Waals surface area contributed by atoms with Crippen LogP contribution < -0.4 is 11.0 Å². The molecule has 0 bridgehead atoms. The number of phenolic OH excluding ortho intramolecular Hbond substituents is 1. The van der Waals surface area contributed by atoms with Crippen molar-refractivity contribution < 1.29 is 27.9 Å². The molecule has 1 atom stereocenters. The smallest absolute Gasteiger partial charge is 0.420 e. The Morgan fingerprint density at radius 1 is 0.957 bits per heavy atom. The Bertz CT molecular complexity index is 1640. The van der Waals surface area contributed by atoms with Crippen LogP contribution in [0.1, 0.15) is 55.7 Å². The number of aromatic nitrogens is 2. The lowest BCUT2D eigenvalue weighted by Crippen LogP contribution is -2.56. The number of nitrogens with zero attached hydrogens (tertiary/aromatic N) is 4. The Kier molecular flexibility index (Phi) is 9.24. The maximum absolute atomic E-state index is 13.9. The fourth-order valence-corrected chi connectivity index (χ4v) is 7.45. The Hall–Kier alpha value is -3.71. The van der Waals surface area contributed by atoms with Gasteiger partial charge in [-0.2, -0.15) is 13.2 Å². The van der Waals surface area contributed by atoms with Gasteiger partial charge in [-0.1, -0.05) is 23.7 Å². The molecule has 3 aliphatic rings. The average molecular weight is 663 g/mol. The predicted molar refractivity (Wildman–Crippen MR) is 167 cm³/mol. The molecule has 0 aliphatic carbocycles. The number of likely N-dealkylation sites (tertiary alicyclic amines) is 3. The second-order valence-electron chi connectivity index (χ2n) is 12.5. The number of aromatic amines is 1. The zero-order valence-corrected chi connectivity index (χ0v) is 26.1. The zero-order chi connectivity index (χ0) is 32.6. The molecule has 46 heavy (non-hydrogen) atoms. The number of amides is 3. The van der Waals surface area contributed by atoms with Gasteiger partial charge in [0.1, 0.15) is 11.8 Å². The molecule has 3 amide bonds.